The molecule has 0 bridgehead atoms. The van der Waals surface area contributed by atoms with Crippen molar-refractivity contribution in [2.75, 3.05) is 5.32 Å². The number of anilines is 1. The van der Waals surface area contributed by atoms with Gasteiger partial charge in [0.1, 0.15) is 0 Å². The summed E-state index contributed by atoms with van der Waals surface area (Å²) in [6.45, 7) is 0. The van der Waals surface area contributed by atoms with Gasteiger partial charge in [-0.2, -0.15) is 0 Å². The van der Waals surface area contributed by atoms with Gasteiger partial charge in [-0.3, -0.25) is 4.79 Å². The van der Waals surface area contributed by atoms with E-state index >= 15 is 0 Å². The number of carbonyl (C=O) groups excluding carboxylic acids is 1. The molecule has 0 aliphatic heterocycles. The third-order valence-electron chi connectivity index (χ3n) is 3.74. The summed E-state index contributed by atoms with van der Waals surface area (Å²) in [4.78, 5) is 12.4. The Morgan fingerprint density at radius 3 is 2.76 bits per heavy atom. The molecule has 1 aromatic heterocycles. The molecule has 1 aliphatic rings. The van der Waals surface area contributed by atoms with E-state index in [1.165, 1.54) is 0 Å². The molecule has 4 heteroatoms. The summed E-state index contributed by atoms with van der Waals surface area (Å²) in [5.74, 6) is 0.137. The molecular weight excluding hydrogens is 284 g/mol. The maximum atomic E-state index is 12.4. The molecule has 0 fully saturated rings. The van der Waals surface area contributed by atoms with Crippen LogP contribution in [-0.4, -0.2) is 10.5 Å². The van der Waals surface area contributed by atoms with Crippen molar-refractivity contribution in [1.82, 2.24) is 4.57 Å². The van der Waals surface area contributed by atoms with Crippen molar-refractivity contribution in [3.05, 3.63) is 59.9 Å². The number of nitrogens with zero attached hydrogens (tertiary/aromatic N) is 1. The number of hydrogen-bond acceptors (Lipinski definition) is 1. The Hall–Kier alpha value is -2.00. The highest BCUT2D eigenvalue weighted by Gasteiger charge is 2.19. The highest BCUT2D eigenvalue weighted by Crippen LogP contribution is 2.27. The molecule has 0 radical (unpaired) electrons. The van der Waals surface area contributed by atoms with Crippen LogP contribution in [0.1, 0.15) is 19.3 Å². The van der Waals surface area contributed by atoms with Gasteiger partial charge in [-0.05, 0) is 49.6 Å². The number of benzene rings is 1. The lowest BCUT2D eigenvalue weighted by Crippen LogP contribution is -2.24. The molecule has 0 saturated heterocycles. The van der Waals surface area contributed by atoms with Gasteiger partial charge in [-0.15, -0.1) is 0 Å². The number of allylic oxidation sites excluding steroid dienone is 2. The number of rotatable bonds is 3. The molecule has 1 aromatic carbocycles. The minimum atomic E-state index is 0.0585. The van der Waals surface area contributed by atoms with Crippen molar-refractivity contribution in [3.63, 3.8) is 0 Å². The van der Waals surface area contributed by atoms with Gasteiger partial charge in [0.25, 0.3) is 0 Å². The largest absolute Gasteiger partial charge is 0.324 e. The van der Waals surface area contributed by atoms with Gasteiger partial charge in [0, 0.05) is 23.3 Å². The van der Waals surface area contributed by atoms with Crippen molar-refractivity contribution < 1.29 is 4.79 Å². The number of hydrogen-bond donors (Lipinski definition) is 1. The first-order valence-electron chi connectivity index (χ1n) is 7.13. The molecule has 1 aliphatic carbocycles. The molecule has 0 saturated carbocycles. The second-order valence-electron chi connectivity index (χ2n) is 5.22. The fourth-order valence-electron chi connectivity index (χ4n) is 2.59. The number of nitrogens with one attached hydrogen (secondary N) is 1. The Morgan fingerprint density at radius 2 is 2.05 bits per heavy atom. The second-order valence-corrected chi connectivity index (χ2v) is 5.66. The molecule has 0 spiro atoms. The Bertz CT molecular complexity index is 661. The second kappa shape index (κ2) is 6.19. The van der Waals surface area contributed by atoms with Crippen LogP contribution in [0.2, 0.25) is 5.02 Å². The van der Waals surface area contributed by atoms with Crippen LogP contribution in [0, 0.1) is 5.92 Å². The van der Waals surface area contributed by atoms with E-state index in [0.29, 0.717) is 5.02 Å². The van der Waals surface area contributed by atoms with Crippen molar-refractivity contribution in [3.8, 4) is 5.69 Å². The highest BCUT2D eigenvalue weighted by molar-refractivity contribution is 6.30. The Labute approximate surface area is 129 Å². The first-order chi connectivity index (χ1) is 10.2. The first kappa shape index (κ1) is 14.0. The van der Waals surface area contributed by atoms with Crippen molar-refractivity contribution >= 4 is 23.2 Å². The van der Waals surface area contributed by atoms with E-state index in [-0.39, 0.29) is 11.8 Å². The van der Waals surface area contributed by atoms with E-state index in [1.54, 1.807) is 6.07 Å². The van der Waals surface area contributed by atoms with Gasteiger partial charge in [-0.25, -0.2) is 0 Å². The summed E-state index contributed by atoms with van der Waals surface area (Å²) in [7, 11) is 0. The van der Waals surface area contributed by atoms with Crippen LogP contribution >= 0.6 is 11.6 Å². The molecule has 2 aromatic rings. The van der Waals surface area contributed by atoms with Crippen LogP contribution in [0.4, 0.5) is 5.69 Å². The van der Waals surface area contributed by atoms with E-state index in [1.807, 2.05) is 41.2 Å². The number of aromatic nitrogens is 1. The molecule has 1 heterocycles. The van der Waals surface area contributed by atoms with Crippen LogP contribution in [0.15, 0.2) is 54.9 Å². The number of halogens is 1. The zero-order valence-electron chi connectivity index (χ0n) is 11.6. The average Bonchev–Trinajstić information content (AvgIpc) is 3.04. The topological polar surface area (TPSA) is 34.0 Å². The zero-order chi connectivity index (χ0) is 14.7. The summed E-state index contributed by atoms with van der Waals surface area (Å²) in [5.41, 5.74) is 1.67. The molecule has 1 atom stereocenters. The Morgan fingerprint density at radius 1 is 1.24 bits per heavy atom. The molecule has 21 heavy (non-hydrogen) atoms. The summed E-state index contributed by atoms with van der Waals surface area (Å²) < 4.78 is 1.95. The minimum Gasteiger partial charge on any atom is -0.324 e. The molecule has 3 rings (SSSR count). The molecule has 1 amide bonds. The molecule has 1 N–H and O–H groups in total. The molecule has 108 valence electrons. The third kappa shape index (κ3) is 3.19. The lowest BCUT2D eigenvalue weighted by molar-refractivity contribution is -0.120. The van der Waals surface area contributed by atoms with Gasteiger partial charge in [0.15, 0.2) is 0 Å². The smallest absolute Gasteiger partial charge is 0.227 e. The predicted molar refractivity (Wildman–Crippen MR) is 85.9 cm³/mol. The van der Waals surface area contributed by atoms with Crippen molar-refractivity contribution in [2.45, 2.75) is 19.3 Å². The van der Waals surface area contributed by atoms with Gasteiger partial charge >= 0.3 is 0 Å². The van der Waals surface area contributed by atoms with Crippen LogP contribution in [0.5, 0.6) is 0 Å². The fraction of sp³-hybridized carbons (Fsp3) is 0.235. The lowest BCUT2D eigenvalue weighted by Gasteiger charge is -2.19. The normalized spacial score (nSPS) is 17.7. The maximum absolute atomic E-state index is 12.4. The van der Waals surface area contributed by atoms with E-state index in [2.05, 4.69) is 17.5 Å². The Kier molecular flexibility index (Phi) is 4.11. The van der Waals surface area contributed by atoms with Gasteiger partial charge in [0.05, 0.1) is 11.4 Å². The molecule has 3 nitrogen and oxygen atoms in total. The quantitative estimate of drug-likeness (QED) is 0.836. The molecule has 1 unspecified atom stereocenters. The van der Waals surface area contributed by atoms with Crippen molar-refractivity contribution in [1.29, 1.82) is 0 Å². The molecular formula is C17H17ClN2O. The zero-order valence-corrected chi connectivity index (χ0v) is 12.4. The van der Waals surface area contributed by atoms with Crippen LogP contribution in [-0.2, 0) is 4.79 Å². The monoisotopic (exact) mass is 300 g/mol. The summed E-state index contributed by atoms with van der Waals surface area (Å²) >= 11 is 6.08. The number of carbonyl (C=O) groups is 1. The Balaban J connectivity index is 1.85. The van der Waals surface area contributed by atoms with E-state index in [9.17, 15) is 4.79 Å². The van der Waals surface area contributed by atoms with Crippen LogP contribution in [0.25, 0.3) is 5.69 Å². The van der Waals surface area contributed by atoms with Crippen molar-refractivity contribution in [2.24, 2.45) is 5.92 Å². The van der Waals surface area contributed by atoms with Gasteiger partial charge in [-0.1, -0.05) is 23.8 Å². The summed E-state index contributed by atoms with van der Waals surface area (Å²) in [5, 5.41) is 3.69. The third-order valence-corrected chi connectivity index (χ3v) is 3.98. The fourth-order valence-corrected chi connectivity index (χ4v) is 2.75. The minimum absolute atomic E-state index is 0.0585. The SMILES string of the molecule is O=C(Nc1ccc(Cl)cc1-n1cccc1)C1CC=CCC1. The maximum Gasteiger partial charge on any atom is 0.227 e. The van der Waals surface area contributed by atoms with Gasteiger partial charge in [0.2, 0.25) is 5.91 Å². The van der Waals surface area contributed by atoms with Crippen LogP contribution < -0.4 is 5.32 Å². The predicted octanol–water partition coefficient (Wildman–Crippen LogP) is 4.43. The summed E-state index contributed by atoms with van der Waals surface area (Å²) in [6.07, 6.45) is 10.8. The average molecular weight is 301 g/mol. The van der Waals surface area contributed by atoms with Crippen LogP contribution in [0.3, 0.4) is 0 Å². The first-order valence-corrected chi connectivity index (χ1v) is 7.50. The highest BCUT2D eigenvalue weighted by atomic mass is 35.5. The van der Waals surface area contributed by atoms with E-state index in [4.69, 9.17) is 11.6 Å². The lowest BCUT2D eigenvalue weighted by atomic mass is 9.93. The van der Waals surface area contributed by atoms with Gasteiger partial charge < -0.3 is 9.88 Å². The van der Waals surface area contributed by atoms with E-state index in [0.717, 1.165) is 30.6 Å². The standard InChI is InChI=1S/C17H17ClN2O/c18-14-8-9-15(16(12-14)20-10-4-5-11-20)19-17(21)13-6-2-1-3-7-13/h1-2,4-5,8-13H,3,6-7H2,(H,19,21). The number of amides is 1. The van der Waals surface area contributed by atoms with E-state index < -0.39 is 0 Å². The summed E-state index contributed by atoms with van der Waals surface area (Å²) in [6, 6.07) is 9.40.